The first-order chi connectivity index (χ1) is 12.4. The number of aryl methyl sites for hydroxylation is 1. The molecule has 0 saturated carbocycles. The molecule has 26 heavy (non-hydrogen) atoms. The van der Waals surface area contributed by atoms with Gasteiger partial charge in [0, 0.05) is 10.4 Å². The van der Waals surface area contributed by atoms with Crippen molar-refractivity contribution < 1.29 is 14.3 Å². The monoisotopic (exact) mass is 374 g/mol. The lowest BCUT2D eigenvalue weighted by atomic mass is 10.0. The summed E-state index contributed by atoms with van der Waals surface area (Å²) < 4.78 is 5.38. The van der Waals surface area contributed by atoms with Crippen LogP contribution in [0.3, 0.4) is 0 Å². The lowest BCUT2D eigenvalue weighted by molar-refractivity contribution is -0.124. The zero-order valence-corrected chi connectivity index (χ0v) is 16.5. The number of nitrogens with one attached hydrogen (secondary N) is 2. The van der Waals surface area contributed by atoms with Crippen LogP contribution in [0.25, 0.3) is 0 Å². The van der Waals surface area contributed by atoms with Crippen molar-refractivity contribution in [3.63, 3.8) is 0 Å². The molecule has 2 N–H and O–H groups in total. The number of amides is 2. The van der Waals surface area contributed by atoms with Crippen molar-refractivity contribution in [1.82, 2.24) is 10.6 Å². The van der Waals surface area contributed by atoms with Gasteiger partial charge < -0.3 is 15.4 Å². The number of ether oxygens (including phenoxy) is 1. The van der Waals surface area contributed by atoms with Gasteiger partial charge in [-0.25, -0.2) is 0 Å². The van der Waals surface area contributed by atoms with Crippen LogP contribution in [0, 0.1) is 12.8 Å². The Morgan fingerprint density at radius 1 is 1.15 bits per heavy atom. The summed E-state index contributed by atoms with van der Waals surface area (Å²) in [6.45, 7) is 8.81. The first-order valence-corrected chi connectivity index (χ1v) is 9.64. The Labute approximate surface area is 158 Å². The van der Waals surface area contributed by atoms with Crippen molar-refractivity contribution in [3.8, 4) is 5.75 Å². The number of hydrogen-bond donors (Lipinski definition) is 2. The number of benzene rings is 1. The van der Waals surface area contributed by atoms with Gasteiger partial charge in [0.1, 0.15) is 11.8 Å². The van der Waals surface area contributed by atoms with E-state index in [1.165, 1.54) is 0 Å². The van der Waals surface area contributed by atoms with E-state index in [0.717, 1.165) is 10.4 Å². The number of carbonyl (C=O) groups excluding carboxylic acids is 2. The van der Waals surface area contributed by atoms with E-state index in [1.54, 1.807) is 35.6 Å². The molecule has 0 saturated heterocycles. The first kappa shape index (κ1) is 20.0. The third kappa shape index (κ3) is 5.33. The van der Waals surface area contributed by atoms with Gasteiger partial charge in [-0.2, -0.15) is 0 Å². The molecular weight excluding hydrogens is 348 g/mol. The summed E-state index contributed by atoms with van der Waals surface area (Å²) in [4.78, 5) is 26.2. The molecular formula is C20H26N2O3S. The summed E-state index contributed by atoms with van der Waals surface area (Å²) in [5.41, 5.74) is 1.66. The van der Waals surface area contributed by atoms with Crippen LogP contribution in [-0.2, 0) is 11.3 Å². The number of thiophene rings is 1. The van der Waals surface area contributed by atoms with Gasteiger partial charge in [0.05, 0.1) is 13.2 Å². The van der Waals surface area contributed by atoms with Crippen LogP contribution < -0.4 is 15.4 Å². The maximum Gasteiger partial charge on any atom is 0.251 e. The van der Waals surface area contributed by atoms with E-state index in [0.29, 0.717) is 24.5 Å². The molecule has 0 aliphatic rings. The lowest BCUT2D eigenvalue weighted by Gasteiger charge is -2.22. The third-order valence-corrected chi connectivity index (χ3v) is 5.08. The van der Waals surface area contributed by atoms with E-state index in [1.807, 2.05) is 39.1 Å². The Bertz CT molecular complexity index is 738. The van der Waals surface area contributed by atoms with Crippen LogP contribution in [0.5, 0.6) is 5.75 Å². The Kier molecular flexibility index (Phi) is 7.21. The average Bonchev–Trinajstić information content (AvgIpc) is 3.03. The Morgan fingerprint density at radius 3 is 2.38 bits per heavy atom. The highest BCUT2D eigenvalue weighted by Gasteiger charge is 2.24. The average molecular weight is 375 g/mol. The van der Waals surface area contributed by atoms with Crippen LogP contribution in [0.15, 0.2) is 35.7 Å². The highest BCUT2D eigenvalue weighted by atomic mass is 32.1. The molecule has 0 radical (unpaired) electrons. The molecule has 2 amide bonds. The fourth-order valence-corrected chi connectivity index (χ4v) is 3.34. The number of carbonyl (C=O) groups is 2. The van der Waals surface area contributed by atoms with E-state index in [4.69, 9.17) is 4.74 Å². The molecule has 2 rings (SSSR count). The second kappa shape index (κ2) is 9.38. The van der Waals surface area contributed by atoms with Crippen molar-refractivity contribution in [1.29, 1.82) is 0 Å². The molecule has 1 unspecified atom stereocenters. The zero-order valence-electron chi connectivity index (χ0n) is 15.7. The summed E-state index contributed by atoms with van der Waals surface area (Å²) in [6.07, 6.45) is 0. The van der Waals surface area contributed by atoms with E-state index in [-0.39, 0.29) is 17.7 Å². The maximum absolute atomic E-state index is 12.6. The van der Waals surface area contributed by atoms with Gasteiger partial charge in [-0.1, -0.05) is 13.8 Å². The fraction of sp³-hybridized carbons (Fsp3) is 0.400. The molecule has 1 aromatic heterocycles. The van der Waals surface area contributed by atoms with Gasteiger partial charge >= 0.3 is 0 Å². The molecule has 5 nitrogen and oxygen atoms in total. The quantitative estimate of drug-likeness (QED) is 0.743. The molecule has 2 aromatic rings. The second-order valence-electron chi connectivity index (χ2n) is 6.40. The molecule has 0 bridgehead atoms. The predicted molar refractivity (Wildman–Crippen MR) is 105 cm³/mol. The van der Waals surface area contributed by atoms with Gasteiger partial charge in [0.2, 0.25) is 5.91 Å². The maximum atomic E-state index is 12.6. The Morgan fingerprint density at radius 2 is 1.85 bits per heavy atom. The molecule has 0 aliphatic heterocycles. The summed E-state index contributed by atoms with van der Waals surface area (Å²) in [6, 6.07) is 8.34. The highest BCUT2D eigenvalue weighted by Crippen LogP contribution is 2.16. The van der Waals surface area contributed by atoms with Gasteiger partial charge in [0.15, 0.2) is 0 Å². The molecule has 1 aromatic carbocycles. The van der Waals surface area contributed by atoms with E-state index in [2.05, 4.69) is 10.6 Å². The Hall–Kier alpha value is -2.34. The summed E-state index contributed by atoms with van der Waals surface area (Å²) in [5, 5.41) is 7.77. The van der Waals surface area contributed by atoms with Crippen molar-refractivity contribution in [2.24, 2.45) is 5.92 Å². The van der Waals surface area contributed by atoms with Crippen LogP contribution in [-0.4, -0.2) is 24.5 Å². The van der Waals surface area contributed by atoms with Crippen LogP contribution in [0.1, 0.15) is 41.6 Å². The minimum atomic E-state index is -0.589. The topological polar surface area (TPSA) is 67.4 Å². The number of rotatable bonds is 8. The van der Waals surface area contributed by atoms with Gasteiger partial charge in [-0.05, 0) is 61.0 Å². The summed E-state index contributed by atoms with van der Waals surface area (Å²) in [5.74, 6) is 0.251. The molecule has 0 fully saturated rings. The van der Waals surface area contributed by atoms with Gasteiger partial charge in [0.25, 0.3) is 5.91 Å². The number of hydrogen-bond acceptors (Lipinski definition) is 4. The van der Waals surface area contributed by atoms with Crippen molar-refractivity contribution in [2.45, 2.75) is 40.3 Å². The van der Waals surface area contributed by atoms with Crippen molar-refractivity contribution in [2.75, 3.05) is 6.61 Å². The first-order valence-electron chi connectivity index (χ1n) is 8.76. The molecule has 0 spiro atoms. The smallest absolute Gasteiger partial charge is 0.251 e. The van der Waals surface area contributed by atoms with Gasteiger partial charge in [-0.15, -0.1) is 11.3 Å². The normalized spacial score (nSPS) is 11.9. The predicted octanol–water partition coefficient (Wildman–Crippen LogP) is 3.53. The second-order valence-corrected chi connectivity index (χ2v) is 7.40. The molecule has 1 heterocycles. The molecule has 6 heteroatoms. The lowest BCUT2D eigenvalue weighted by Crippen LogP contribution is -2.49. The standard InChI is InChI=1S/C20H26N2O3S/c1-5-25-16-8-6-15(7-9-16)19(23)22-18(13(2)3)20(24)21-12-17-14(4)10-11-26-17/h6-11,13,18H,5,12H2,1-4H3,(H,21,24)(H,22,23). The van der Waals surface area contributed by atoms with Crippen LogP contribution in [0.2, 0.25) is 0 Å². The fourth-order valence-electron chi connectivity index (χ4n) is 2.49. The third-order valence-electron chi connectivity index (χ3n) is 4.05. The van der Waals surface area contributed by atoms with E-state index in [9.17, 15) is 9.59 Å². The molecule has 140 valence electrons. The van der Waals surface area contributed by atoms with Crippen molar-refractivity contribution in [3.05, 3.63) is 51.7 Å². The minimum absolute atomic E-state index is 0.0221. The van der Waals surface area contributed by atoms with E-state index >= 15 is 0 Å². The highest BCUT2D eigenvalue weighted by molar-refractivity contribution is 7.10. The molecule has 0 aliphatic carbocycles. The van der Waals surface area contributed by atoms with E-state index < -0.39 is 6.04 Å². The summed E-state index contributed by atoms with van der Waals surface area (Å²) >= 11 is 1.61. The minimum Gasteiger partial charge on any atom is -0.494 e. The van der Waals surface area contributed by atoms with Crippen molar-refractivity contribution >= 4 is 23.2 Å². The van der Waals surface area contributed by atoms with Crippen LogP contribution >= 0.6 is 11.3 Å². The summed E-state index contributed by atoms with van der Waals surface area (Å²) in [7, 11) is 0. The SMILES string of the molecule is CCOc1ccc(C(=O)NC(C(=O)NCc2sccc2C)C(C)C)cc1. The zero-order chi connectivity index (χ0) is 19.1. The Balaban J connectivity index is 1.98. The van der Waals surface area contributed by atoms with Crippen LogP contribution in [0.4, 0.5) is 0 Å². The largest absolute Gasteiger partial charge is 0.494 e. The van der Waals surface area contributed by atoms with Gasteiger partial charge in [-0.3, -0.25) is 9.59 Å². The molecule has 1 atom stereocenters.